The van der Waals surface area contributed by atoms with Crippen LogP contribution in [0, 0.1) is 11.6 Å². The molecule has 0 fully saturated rings. The standard InChI is InChI=1S/C13H19F2N3O/c1-18(2)6-4-3-5-17-13(19)9-7-10(14)12(16)11(15)8-9/h7-8H,3-6,16H2,1-2H3,(H,17,19). The van der Waals surface area contributed by atoms with Crippen LogP contribution < -0.4 is 11.1 Å². The molecule has 0 heterocycles. The maximum Gasteiger partial charge on any atom is 0.251 e. The molecule has 0 saturated carbocycles. The van der Waals surface area contributed by atoms with Crippen molar-refractivity contribution in [3.63, 3.8) is 0 Å². The Bertz CT molecular complexity index is 427. The third-order valence-electron chi connectivity index (χ3n) is 2.66. The molecule has 0 bridgehead atoms. The normalized spacial score (nSPS) is 10.8. The summed E-state index contributed by atoms with van der Waals surface area (Å²) in [6.07, 6.45) is 1.75. The van der Waals surface area contributed by atoms with Crippen LogP contribution in [0.25, 0.3) is 0 Å². The summed E-state index contributed by atoms with van der Waals surface area (Å²) in [4.78, 5) is 13.7. The van der Waals surface area contributed by atoms with Crippen molar-refractivity contribution in [2.24, 2.45) is 0 Å². The SMILES string of the molecule is CN(C)CCCCNC(=O)c1cc(F)c(N)c(F)c1. The molecular weight excluding hydrogens is 252 g/mol. The summed E-state index contributed by atoms with van der Waals surface area (Å²) in [6.45, 7) is 1.40. The van der Waals surface area contributed by atoms with Gasteiger partial charge in [0.05, 0.1) is 0 Å². The maximum atomic E-state index is 13.2. The summed E-state index contributed by atoms with van der Waals surface area (Å²) in [7, 11) is 3.94. The molecule has 0 radical (unpaired) electrons. The van der Waals surface area contributed by atoms with Gasteiger partial charge < -0.3 is 16.0 Å². The predicted octanol–water partition coefficient (Wildman–Crippen LogP) is 1.62. The van der Waals surface area contributed by atoms with E-state index in [-0.39, 0.29) is 5.56 Å². The summed E-state index contributed by atoms with van der Waals surface area (Å²) in [5.74, 6) is -2.34. The fraction of sp³-hybridized carbons (Fsp3) is 0.462. The predicted molar refractivity (Wildman–Crippen MR) is 70.9 cm³/mol. The lowest BCUT2D eigenvalue weighted by atomic mass is 10.1. The second kappa shape index (κ2) is 7.04. The molecule has 1 amide bonds. The second-order valence-electron chi connectivity index (χ2n) is 4.62. The molecule has 1 aromatic rings. The molecule has 6 heteroatoms. The molecule has 1 rings (SSSR count). The molecule has 106 valence electrons. The number of nitrogen functional groups attached to an aromatic ring is 1. The Morgan fingerprint density at radius 2 is 1.84 bits per heavy atom. The van der Waals surface area contributed by atoms with E-state index in [1.165, 1.54) is 0 Å². The fourth-order valence-electron chi connectivity index (χ4n) is 1.57. The van der Waals surface area contributed by atoms with E-state index in [9.17, 15) is 13.6 Å². The van der Waals surface area contributed by atoms with Gasteiger partial charge in [-0.25, -0.2) is 8.78 Å². The summed E-state index contributed by atoms with van der Waals surface area (Å²) in [5, 5.41) is 2.61. The molecule has 0 atom stereocenters. The van der Waals surface area contributed by atoms with Crippen LogP contribution in [0.2, 0.25) is 0 Å². The maximum absolute atomic E-state index is 13.2. The molecule has 4 nitrogen and oxygen atoms in total. The van der Waals surface area contributed by atoms with Crippen LogP contribution in [-0.2, 0) is 0 Å². The molecule has 0 aliphatic carbocycles. The second-order valence-corrected chi connectivity index (χ2v) is 4.62. The van der Waals surface area contributed by atoms with E-state index >= 15 is 0 Å². The van der Waals surface area contributed by atoms with Crippen molar-refractivity contribution in [1.29, 1.82) is 0 Å². The number of unbranched alkanes of at least 4 members (excludes halogenated alkanes) is 1. The first-order valence-electron chi connectivity index (χ1n) is 6.09. The first-order chi connectivity index (χ1) is 8.91. The van der Waals surface area contributed by atoms with E-state index in [1.807, 2.05) is 19.0 Å². The van der Waals surface area contributed by atoms with Gasteiger partial charge in [0.1, 0.15) is 17.3 Å². The van der Waals surface area contributed by atoms with Crippen molar-refractivity contribution in [1.82, 2.24) is 10.2 Å². The van der Waals surface area contributed by atoms with Gasteiger partial charge in [0, 0.05) is 12.1 Å². The van der Waals surface area contributed by atoms with Crippen molar-refractivity contribution in [2.45, 2.75) is 12.8 Å². The van der Waals surface area contributed by atoms with Crippen molar-refractivity contribution >= 4 is 11.6 Å². The van der Waals surface area contributed by atoms with Gasteiger partial charge in [-0.2, -0.15) is 0 Å². The van der Waals surface area contributed by atoms with Crippen LogP contribution >= 0.6 is 0 Å². The minimum atomic E-state index is -0.919. The van der Waals surface area contributed by atoms with E-state index in [0.29, 0.717) is 6.54 Å². The Balaban J connectivity index is 2.46. The lowest BCUT2D eigenvalue weighted by molar-refractivity contribution is 0.0952. The molecular formula is C13H19F2N3O. The summed E-state index contributed by atoms with van der Waals surface area (Å²) in [6, 6.07) is 1.88. The van der Waals surface area contributed by atoms with E-state index in [0.717, 1.165) is 31.5 Å². The number of anilines is 1. The van der Waals surface area contributed by atoms with Crippen LogP contribution in [0.3, 0.4) is 0 Å². The zero-order valence-corrected chi connectivity index (χ0v) is 11.2. The van der Waals surface area contributed by atoms with Crippen molar-refractivity contribution in [3.8, 4) is 0 Å². The highest BCUT2D eigenvalue weighted by molar-refractivity contribution is 5.94. The van der Waals surface area contributed by atoms with E-state index in [2.05, 4.69) is 5.32 Å². The molecule has 0 unspecified atom stereocenters. The number of hydrogen-bond acceptors (Lipinski definition) is 3. The minimum Gasteiger partial charge on any atom is -0.394 e. The van der Waals surface area contributed by atoms with E-state index in [4.69, 9.17) is 5.73 Å². The van der Waals surface area contributed by atoms with Gasteiger partial charge in [-0.05, 0) is 45.6 Å². The number of carbonyl (C=O) groups is 1. The molecule has 1 aromatic carbocycles. The third kappa shape index (κ3) is 4.82. The Hall–Kier alpha value is -1.69. The van der Waals surface area contributed by atoms with Crippen molar-refractivity contribution in [2.75, 3.05) is 32.9 Å². The fourth-order valence-corrected chi connectivity index (χ4v) is 1.57. The molecule has 3 N–H and O–H groups in total. The van der Waals surface area contributed by atoms with Crippen LogP contribution in [0.15, 0.2) is 12.1 Å². The third-order valence-corrected chi connectivity index (χ3v) is 2.66. The first-order valence-corrected chi connectivity index (χ1v) is 6.09. The summed E-state index contributed by atoms with van der Waals surface area (Å²) < 4.78 is 26.4. The zero-order valence-electron chi connectivity index (χ0n) is 11.2. The topological polar surface area (TPSA) is 58.4 Å². The lowest BCUT2D eigenvalue weighted by Gasteiger charge is -2.10. The largest absolute Gasteiger partial charge is 0.394 e. The number of benzene rings is 1. The highest BCUT2D eigenvalue weighted by Gasteiger charge is 2.12. The van der Waals surface area contributed by atoms with Crippen LogP contribution in [0.4, 0.5) is 14.5 Å². The highest BCUT2D eigenvalue weighted by Crippen LogP contribution is 2.17. The number of halogens is 2. The smallest absolute Gasteiger partial charge is 0.251 e. The molecule has 0 aliphatic rings. The average Bonchev–Trinajstić information content (AvgIpc) is 2.34. The number of nitrogens with two attached hydrogens (primary N) is 1. The molecule has 0 saturated heterocycles. The average molecular weight is 271 g/mol. The Kier molecular flexibility index (Phi) is 5.69. The first kappa shape index (κ1) is 15.4. The van der Waals surface area contributed by atoms with Crippen LogP contribution in [0.5, 0.6) is 0 Å². The minimum absolute atomic E-state index is 0.0585. The quantitative estimate of drug-likeness (QED) is 0.610. The summed E-state index contributed by atoms with van der Waals surface area (Å²) in [5.41, 5.74) is 4.51. The van der Waals surface area contributed by atoms with Gasteiger partial charge in [-0.3, -0.25) is 4.79 Å². The number of rotatable bonds is 6. The summed E-state index contributed by atoms with van der Waals surface area (Å²) >= 11 is 0. The number of nitrogens with one attached hydrogen (secondary N) is 1. The molecule has 0 aliphatic heterocycles. The highest BCUT2D eigenvalue weighted by atomic mass is 19.1. The number of hydrogen-bond donors (Lipinski definition) is 2. The van der Waals surface area contributed by atoms with Crippen molar-refractivity contribution < 1.29 is 13.6 Å². The Labute approximate surface area is 111 Å². The van der Waals surface area contributed by atoms with Gasteiger partial charge in [0.15, 0.2) is 0 Å². The van der Waals surface area contributed by atoms with E-state index < -0.39 is 23.2 Å². The lowest BCUT2D eigenvalue weighted by Crippen LogP contribution is -2.25. The Morgan fingerprint density at radius 1 is 1.26 bits per heavy atom. The molecule has 19 heavy (non-hydrogen) atoms. The monoisotopic (exact) mass is 271 g/mol. The van der Waals surface area contributed by atoms with Gasteiger partial charge in [-0.1, -0.05) is 0 Å². The van der Waals surface area contributed by atoms with Crippen LogP contribution in [-0.4, -0.2) is 38.0 Å². The van der Waals surface area contributed by atoms with Gasteiger partial charge in [-0.15, -0.1) is 0 Å². The number of carbonyl (C=O) groups excluding carboxylic acids is 1. The van der Waals surface area contributed by atoms with E-state index in [1.54, 1.807) is 0 Å². The van der Waals surface area contributed by atoms with Gasteiger partial charge in [0.25, 0.3) is 5.91 Å². The van der Waals surface area contributed by atoms with Crippen molar-refractivity contribution in [3.05, 3.63) is 29.3 Å². The number of nitrogens with zero attached hydrogens (tertiary/aromatic N) is 1. The molecule has 0 aromatic heterocycles. The van der Waals surface area contributed by atoms with Crippen LogP contribution in [0.1, 0.15) is 23.2 Å². The Morgan fingerprint density at radius 3 is 2.37 bits per heavy atom. The zero-order chi connectivity index (χ0) is 14.4. The number of amides is 1. The van der Waals surface area contributed by atoms with Gasteiger partial charge in [0.2, 0.25) is 0 Å². The molecule has 0 spiro atoms. The van der Waals surface area contributed by atoms with Gasteiger partial charge >= 0.3 is 0 Å².